The summed E-state index contributed by atoms with van der Waals surface area (Å²) >= 11 is 0. The van der Waals surface area contributed by atoms with Crippen LogP contribution < -0.4 is 0 Å². The maximum atomic E-state index is 4.02. The van der Waals surface area contributed by atoms with Crippen molar-refractivity contribution in [3.05, 3.63) is 71.8 Å². The maximum absolute atomic E-state index is 4.02. The first kappa shape index (κ1) is 15.2. The molecule has 0 aromatic heterocycles. The van der Waals surface area contributed by atoms with Crippen LogP contribution in [0.3, 0.4) is 0 Å². The third kappa shape index (κ3) is 3.82. The zero-order valence-electron chi connectivity index (χ0n) is 12.6. The second-order valence-electron chi connectivity index (χ2n) is 4.91. The van der Waals surface area contributed by atoms with Crippen molar-refractivity contribution < 1.29 is 0 Å². The summed E-state index contributed by atoms with van der Waals surface area (Å²) in [6, 6.07) is 6.60. The van der Waals surface area contributed by atoms with Crippen LogP contribution in [-0.2, 0) is 0 Å². The fraction of sp³-hybridized carbons (Fsp3) is 0.263. The number of aryl methyl sites for hydroxylation is 1. The van der Waals surface area contributed by atoms with Gasteiger partial charge in [0, 0.05) is 0 Å². The molecule has 0 radical (unpaired) electrons. The average molecular weight is 252 g/mol. The van der Waals surface area contributed by atoms with Crippen molar-refractivity contribution in [3.8, 4) is 0 Å². The summed E-state index contributed by atoms with van der Waals surface area (Å²) in [6.07, 6.45) is 6.98. The molecule has 100 valence electrons. The summed E-state index contributed by atoms with van der Waals surface area (Å²) in [7, 11) is 0. The van der Waals surface area contributed by atoms with Gasteiger partial charge in [0.05, 0.1) is 0 Å². The van der Waals surface area contributed by atoms with Gasteiger partial charge in [-0.25, -0.2) is 0 Å². The second-order valence-corrected chi connectivity index (χ2v) is 4.91. The Morgan fingerprint density at radius 2 is 1.95 bits per heavy atom. The van der Waals surface area contributed by atoms with E-state index in [1.807, 2.05) is 12.2 Å². The lowest BCUT2D eigenvalue weighted by atomic mass is 9.94. The Kier molecular flexibility index (Phi) is 5.57. The topological polar surface area (TPSA) is 0 Å². The second kappa shape index (κ2) is 6.94. The molecule has 1 aromatic rings. The lowest BCUT2D eigenvalue weighted by Gasteiger charge is -2.11. The molecule has 0 spiro atoms. The van der Waals surface area contributed by atoms with E-state index >= 15 is 0 Å². The first-order valence-electron chi connectivity index (χ1n) is 6.77. The summed E-state index contributed by atoms with van der Waals surface area (Å²) in [6.45, 7) is 16.3. The normalized spacial score (nSPS) is 12.4. The quantitative estimate of drug-likeness (QED) is 0.568. The van der Waals surface area contributed by atoms with Gasteiger partial charge in [0.2, 0.25) is 0 Å². The van der Waals surface area contributed by atoms with E-state index in [9.17, 15) is 0 Å². The molecule has 0 fully saturated rings. The Hall–Kier alpha value is -1.82. The lowest BCUT2D eigenvalue weighted by Crippen LogP contribution is -1.90. The largest absolute Gasteiger partial charge is 0.0991 e. The van der Waals surface area contributed by atoms with E-state index in [1.54, 1.807) is 0 Å². The van der Waals surface area contributed by atoms with Crippen LogP contribution in [0.15, 0.2) is 55.2 Å². The van der Waals surface area contributed by atoms with E-state index in [-0.39, 0.29) is 0 Å². The van der Waals surface area contributed by atoms with Crippen LogP contribution in [0.25, 0.3) is 11.1 Å². The predicted molar refractivity (Wildman–Crippen MR) is 88.1 cm³/mol. The van der Waals surface area contributed by atoms with E-state index in [0.29, 0.717) is 0 Å². The van der Waals surface area contributed by atoms with E-state index in [4.69, 9.17) is 0 Å². The number of hydrogen-bond acceptors (Lipinski definition) is 0. The summed E-state index contributed by atoms with van der Waals surface area (Å²) in [4.78, 5) is 0. The van der Waals surface area contributed by atoms with Crippen molar-refractivity contribution in [2.24, 2.45) is 0 Å². The van der Waals surface area contributed by atoms with Crippen LogP contribution >= 0.6 is 0 Å². The zero-order valence-corrected chi connectivity index (χ0v) is 12.6. The van der Waals surface area contributed by atoms with Gasteiger partial charge in [-0.3, -0.25) is 0 Å². The Balaban J connectivity index is 3.25. The Morgan fingerprint density at radius 1 is 1.26 bits per heavy atom. The molecule has 0 unspecified atom stereocenters. The molecule has 1 aromatic carbocycles. The third-order valence-corrected chi connectivity index (χ3v) is 3.42. The van der Waals surface area contributed by atoms with Gasteiger partial charge in [0.25, 0.3) is 0 Å². The Labute approximate surface area is 117 Å². The van der Waals surface area contributed by atoms with Gasteiger partial charge in [0.15, 0.2) is 0 Å². The molecule has 0 saturated carbocycles. The van der Waals surface area contributed by atoms with E-state index in [0.717, 1.165) is 12.0 Å². The van der Waals surface area contributed by atoms with Crippen LogP contribution in [0.4, 0.5) is 0 Å². The molecule has 0 nitrogen and oxygen atoms in total. The summed E-state index contributed by atoms with van der Waals surface area (Å²) < 4.78 is 0. The van der Waals surface area contributed by atoms with Crippen LogP contribution in [0.5, 0.6) is 0 Å². The Bertz CT molecular complexity index is 539. The van der Waals surface area contributed by atoms with Crippen molar-refractivity contribution in [3.63, 3.8) is 0 Å². The van der Waals surface area contributed by atoms with Gasteiger partial charge in [-0.15, -0.1) is 0 Å². The van der Waals surface area contributed by atoms with Crippen LogP contribution in [-0.4, -0.2) is 0 Å². The summed E-state index contributed by atoms with van der Waals surface area (Å²) in [5.74, 6) is 0. The molecule has 19 heavy (non-hydrogen) atoms. The highest BCUT2D eigenvalue weighted by Crippen LogP contribution is 2.25. The first-order chi connectivity index (χ1) is 9.01. The summed E-state index contributed by atoms with van der Waals surface area (Å²) in [5, 5.41) is 0. The minimum Gasteiger partial charge on any atom is -0.0991 e. The monoisotopic (exact) mass is 252 g/mol. The number of benzene rings is 1. The van der Waals surface area contributed by atoms with E-state index in [1.165, 1.54) is 27.8 Å². The first-order valence-corrected chi connectivity index (χ1v) is 6.77. The minimum absolute atomic E-state index is 1.03. The van der Waals surface area contributed by atoms with Crippen molar-refractivity contribution in [1.29, 1.82) is 0 Å². The Morgan fingerprint density at radius 3 is 2.42 bits per heavy atom. The van der Waals surface area contributed by atoms with Crippen LogP contribution in [0, 0.1) is 6.92 Å². The van der Waals surface area contributed by atoms with Gasteiger partial charge in [-0.2, -0.15) is 0 Å². The van der Waals surface area contributed by atoms with E-state index < -0.39 is 0 Å². The van der Waals surface area contributed by atoms with Gasteiger partial charge < -0.3 is 0 Å². The van der Waals surface area contributed by atoms with Gasteiger partial charge >= 0.3 is 0 Å². The molecular formula is C19H24. The van der Waals surface area contributed by atoms with Crippen LogP contribution in [0.2, 0.25) is 0 Å². The number of allylic oxidation sites excluding steroid dienone is 6. The molecule has 0 N–H and O–H groups in total. The minimum atomic E-state index is 1.03. The molecule has 0 saturated heterocycles. The maximum Gasteiger partial charge on any atom is -0.0204 e. The fourth-order valence-corrected chi connectivity index (χ4v) is 2.25. The number of rotatable bonds is 5. The molecule has 0 atom stereocenters. The van der Waals surface area contributed by atoms with E-state index in [2.05, 4.69) is 65.1 Å². The molecule has 1 rings (SSSR count). The molecule has 0 aliphatic carbocycles. The van der Waals surface area contributed by atoms with Crippen molar-refractivity contribution in [2.45, 2.75) is 34.1 Å². The molecule has 0 aliphatic heterocycles. The molecule has 0 amide bonds. The fourth-order valence-electron chi connectivity index (χ4n) is 2.25. The zero-order chi connectivity index (χ0) is 14.4. The SMILES string of the molecule is C=C/C=C\C(CC)=C(/C)c1ccc(C(=C)C)c(C)c1. The molecule has 0 heteroatoms. The third-order valence-electron chi connectivity index (χ3n) is 3.42. The van der Waals surface area contributed by atoms with Crippen molar-refractivity contribution in [2.75, 3.05) is 0 Å². The lowest BCUT2D eigenvalue weighted by molar-refractivity contribution is 1.15. The number of hydrogen-bond donors (Lipinski definition) is 0. The highest BCUT2D eigenvalue weighted by molar-refractivity contribution is 5.73. The molecular weight excluding hydrogens is 228 g/mol. The van der Waals surface area contributed by atoms with Gasteiger partial charge in [-0.05, 0) is 55.0 Å². The van der Waals surface area contributed by atoms with Crippen molar-refractivity contribution >= 4 is 11.1 Å². The standard InChI is InChI=1S/C19H24/c1-7-9-10-17(8-2)16(6)18-11-12-19(14(3)4)15(5)13-18/h7,9-13H,1,3,8H2,2,4-6H3/b10-9-,17-16+. The molecule has 0 bridgehead atoms. The van der Waals surface area contributed by atoms with Crippen molar-refractivity contribution in [1.82, 2.24) is 0 Å². The molecule has 0 aliphatic rings. The highest BCUT2D eigenvalue weighted by atomic mass is 14.1. The smallest absolute Gasteiger partial charge is 0.0204 e. The van der Waals surface area contributed by atoms with Gasteiger partial charge in [-0.1, -0.05) is 62.1 Å². The van der Waals surface area contributed by atoms with Crippen LogP contribution in [0.1, 0.15) is 43.9 Å². The highest BCUT2D eigenvalue weighted by Gasteiger charge is 2.04. The summed E-state index contributed by atoms with van der Waals surface area (Å²) in [5.41, 5.74) is 7.61. The average Bonchev–Trinajstić information content (AvgIpc) is 2.38. The predicted octanol–water partition coefficient (Wildman–Crippen LogP) is 5.95. The molecule has 0 heterocycles. The van der Waals surface area contributed by atoms with Gasteiger partial charge in [0.1, 0.15) is 0 Å².